The van der Waals surface area contributed by atoms with Crippen LogP contribution in [0.1, 0.15) is 32.1 Å². The fourth-order valence-electron chi connectivity index (χ4n) is 1.13. The summed E-state index contributed by atoms with van der Waals surface area (Å²) < 4.78 is 0. The average Bonchev–Trinajstić information content (AvgIpc) is 1.69. The Kier molecular flexibility index (Phi) is 16.2. The molecule has 10 heavy (non-hydrogen) atoms. The molecule has 1 aliphatic carbocycles. The van der Waals surface area contributed by atoms with Crippen LogP contribution in [-0.2, 0) is 21.1 Å². The van der Waals surface area contributed by atoms with Gasteiger partial charge in [0.05, 0.1) is 0 Å². The van der Waals surface area contributed by atoms with Crippen molar-refractivity contribution < 1.29 is 32.0 Å². The van der Waals surface area contributed by atoms with Gasteiger partial charge in [0, 0.05) is 27.1 Å². The zero-order chi connectivity index (χ0) is 5.11. The summed E-state index contributed by atoms with van der Waals surface area (Å²) in [4.78, 5) is 0. The van der Waals surface area contributed by atoms with Gasteiger partial charge in [-0.15, -0.1) is 0 Å². The van der Waals surface area contributed by atoms with Gasteiger partial charge in [0.2, 0.25) is 0 Å². The normalized spacial score (nSPS) is 17.7. The van der Waals surface area contributed by atoms with Gasteiger partial charge in [-0.1, -0.05) is 19.3 Å². The van der Waals surface area contributed by atoms with Gasteiger partial charge in [0.15, 0.2) is 0 Å². The SMILES string of the molecule is NC1CCCCC1.O.O.[Pt]. The minimum absolute atomic E-state index is 0. The second-order valence-electron chi connectivity index (χ2n) is 2.40. The molecule has 0 unspecified atom stereocenters. The molecule has 0 saturated heterocycles. The maximum Gasteiger partial charge on any atom is 0.00388 e. The van der Waals surface area contributed by atoms with Crippen molar-refractivity contribution in [2.24, 2.45) is 5.73 Å². The van der Waals surface area contributed by atoms with Crippen LogP contribution in [-0.4, -0.2) is 17.0 Å². The Labute approximate surface area is 76.2 Å². The molecule has 0 aromatic heterocycles. The van der Waals surface area contributed by atoms with E-state index >= 15 is 0 Å². The Hall–Kier alpha value is 0.568. The number of hydrogen-bond donors (Lipinski definition) is 1. The van der Waals surface area contributed by atoms with Crippen LogP contribution in [0.25, 0.3) is 0 Å². The monoisotopic (exact) mass is 330 g/mol. The first-order valence-electron chi connectivity index (χ1n) is 3.15. The van der Waals surface area contributed by atoms with Gasteiger partial charge in [0.25, 0.3) is 0 Å². The van der Waals surface area contributed by atoms with E-state index < -0.39 is 0 Å². The molecular formula is C6H17NO2Pt. The summed E-state index contributed by atoms with van der Waals surface area (Å²) in [5.74, 6) is 0. The third-order valence-electron chi connectivity index (χ3n) is 1.65. The van der Waals surface area contributed by atoms with Crippen LogP contribution in [0.2, 0.25) is 0 Å². The zero-order valence-electron chi connectivity index (χ0n) is 6.01. The van der Waals surface area contributed by atoms with Gasteiger partial charge < -0.3 is 16.7 Å². The van der Waals surface area contributed by atoms with E-state index in [4.69, 9.17) is 5.73 Å². The molecule has 1 fully saturated rings. The molecule has 0 amide bonds. The standard InChI is InChI=1S/C6H13N.2H2O.Pt/c7-6-4-2-1-3-5-6;;;/h6H,1-5,7H2;2*1H2;. The molecule has 0 atom stereocenters. The van der Waals surface area contributed by atoms with Gasteiger partial charge in [-0.25, -0.2) is 0 Å². The van der Waals surface area contributed by atoms with Gasteiger partial charge >= 0.3 is 0 Å². The van der Waals surface area contributed by atoms with Crippen molar-refractivity contribution in [1.29, 1.82) is 0 Å². The molecule has 68 valence electrons. The average molecular weight is 330 g/mol. The first-order chi connectivity index (χ1) is 3.39. The Morgan fingerprint density at radius 2 is 1.30 bits per heavy atom. The maximum absolute atomic E-state index is 5.63. The van der Waals surface area contributed by atoms with Crippen molar-refractivity contribution in [3.8, 4) is 0 Å². The Morgan fingerprint density at radius 1 is 0.900 bits per heavy atom. The minimum Gasteiger partial charge on any atom is -0.412 e. The van der Waals surface area contributed by atoms with Gasteiger partial charge in [-0.2, -0.15) is 0 Å². The molecule has 3 nitrogen and oxygen atoms in total. The van der Waals surface area contributed by atoms with Crippen molar-refractivity contribution in [2.75, 3.05) is 0 Å². The van der Waals surface area contributed by atoms with Crippen LogP contribution in [0.4, 0.5) is 0 Å². The summed E-state index contributed by atoms with van der Waals surface area (Å²) >= 11 is 0. The quantitative estimate of drug-likeness (QED) is 0.645. The molecule has 0 aromatic rings. The molecule has 1 rings (SSSR count). The summed E-state index contributed by atoms with van der Waals surface area (Å²) in [6, 6.07) is 0.536. The fourth-order valence-corrected chi connectivity index (χ4v) is 1.13. The maximum atomic E-state index is 5.63. The Bertz CT molecular complexity index is 57.7. The first-order valence-corrected chi connectivity index (χ1v) is 3.15. The smallest absolute Gasteiger partial charge is 0.00388 e. The van der Waals surface area contributed by atoms with Crippen molar-refractivity contribution in [1.82, 2.24) is 0 Å². The molecule has 1 saturated carbocycles. The molecule has 6 N–H and O–H groups in total. The van der Waals surface area contributed by atoms with Crippen LogP contribution < -0.4 is 5.73 Å². The Morgan fingerprint density at radius 3 is 1.50 bits per heavy atom. The third-order valence-corrected chi connectivity index (χ3v) is 1.65. The van der Waals surface area contributed by atoms with Crippen LogP contribution in [0.5, 0.6) is 0 Å². The van der Waals surface area contributed by atoms with Gasteiger partial charge in [-0.05, 0) is 12.8 Å². The molecule has 0 heterocycles. The van der Waals surface area contributed by atoms with Crippen LogP contribution in [0.15, 0.2) is 0 Å². The predicted molar refractivity (Wildman–Crippen MR) is 38.3 cm³/mol. The van der Waals surface area contributed by atoms with Crippen molar-refractivity contribution in [3.05, 3.63) is 0 Å². The van der Waals surface area contributed by atoms with Gasteiger partial charge in [0.1, 0.15) is 0 Å². The van der Waals surface area contributed by atoms with E-state index in [1.54, 1.807) is 0 Å². The summed E-state index contributed by atoms with van der Waals surface area (Å²) in [6.45, 7) is 0. The van der Waals surface area contributed by atoms with E-state index in [0.29, 0.717) is 6.04 Å². The topological polar surface area (TPSA) is 89.0 Å². The summed E-state index contributed by atoms with van der Waals surface area (Å²) in [7, 11) is 0. The van der Waals surface area contributed by atoms with Crippen LogP contribution in [0.3, 0.4) is 0 Å². The molecule has 0 radical (unpaired) electrons. The first kappa shape index (κ1) is 16.9. The van der Waals surface area contributed by atoms with E-state index in [1.165, 1.54) is 32.1 Å². The van der Waals surface area contributed by atoms with Crippen LogP contribution in [0, 0.1) is 0 Å². The second-order valence-corrected chi connectivity index (χ2v) is 2.40. The Balaban J connectivity index is -0.000000163. The van der Waals surface area contributed by atoms with E-state index in [9.17, 15) is 0 Å². The van der Waals surface area contributed by atoms with Crippen molar-refractivity contribution >= 4 is 0 Å². The van der Waals surface area contributed by atoms with Crippen molar-refractivity contribution in [3.63, 3.8) is 0 Å². The number of rotatable bonds is 0. The summed E-state index contributed by atoms with van der Waals surface area (Å²) in [5.41, 5.74) is 5.63. The van der Waals surface area contributed by atoms with E-state index in [-0.39, 0.29) is 32.0 Å². The molecule has 0 aliphatic heterocycles. The largest absolute Gasteiger partial charge is 0.412 e. The predicted octanol–water partition coefficient (Wildman–Crippen LogP) is -0.374. The third kappa shape index (κ3) is 6.69. The molecule has 0 aromatic carbocycles. The molecule has 0 bridgehead atoms. The molecule has 4 heteroatoms. The van der Waals surface area contributed by atoms with Crippen molar-refractivity contribution in [2.45, 2.75) is 38.1 Å². The van der Waals surface area contributed by atoms with Gasteiger partial charge in [-0.3, -0.25) is 0 Å². The minimum atomic E-state index is 0. The van der Waals surface area contributed by atoms with E-state index in [2.05, 4.69) is 0 Å². The molecule has 0 spiro atoms. The zero-order valence-corrected chi connectivity index (χ0v) is 8.28. The molecule has 1 aliphatic rings. The summed E-state index contributed by atoms with van der Waals surface area (Å²) in [5, 5.41) is 0. The summed E-state index contributed by atoms with van der Waals surface area (Å²) in [6.07, 6.45) is 6.66. The number of nitrogens with two attached hydrogens (primary N) is 1. The second kappa shape index (κ2) is 9.57. The molecular weight excluding hydrogens is 313 g/mol. The number of hydrogen-bond acceptors (Lipinski definition) is 1. The fraction of sp³-hybridized carbons (Fsp3) is 1.00. The van der Waals surface area contributed by atoms with E-state index in [0.717, 1.165) is 0 Å². The van der Waals surface area contributed by atoms with E-state index in [1.807, 2.05) is 0 Å². The van der Waals surface area contributed by atoms with Crippen LogP contribution >= 0.6 is 0 Å².